The first kappa shape index (κ1) is 12.6. The Balaban J connectivity index is 2.43. The third-order valence-corrected chi connectivity index (χ3v) is 3.63. The largest absolute Gasteiger partial charge is 0.0614 e. The van der Waals surface area contributed by atoms with E-state index in [1.54, 1.807) is 0 Å². The molecule has 0 radical (unpaired) electrons. The van der Waals surface area contributed by atoms with Gasteiger partial charge in [-0.1, -0.05) is 57.2 Å². The molecule has 0 fully saturated rings. The van der Waals surface area contributed by atoms with Crippen LogP contribution in [0.4, 0.5) is 0 Å². The van der Waals surface area contributed by atoms with Crippen molar-refractivity contribution in [1.82, 2.24) is 0 Å². The highest BCUT2D eigenvalue weighted by Gasteiger charge is 2.13. The van der Waals surface area contributed by atoms with Gasteiger partial charge in [-0.2, -0.15) is 0 Å². The molecule has 0 aliphatic heterocycles. The summed E-state index contributed by atoms with van der Waals surface area (Å²) in [6.45, 7) is 6.75. The van der Waals surface area contributed by atoms with Crippen molar-refractivity contribution in [3.8, 4) is 11.1 Å². The van der Waals surface area contributed by atoms with Gasteiger partial charge in [-0.3, -0.25) is 0 Å². The maximum absolute atomic E-state index is 2.34. The van der Waals surface area contributed by atoms with E-state index < -0.39 is 0 Å². The van der Waals surface area contributed by atoms with Crippen LogP contribution in [-0.4, -0.2) is 0 Å². The minimum absolute atomic E-state index is 0.208. The van der Waals surface area contributed by atoms with Gasteiger partial charge in [0.2, 0.25) is 0 Å². The topological polar surface area (TPSA) is 0 Å². The SMILES string of the molecule is CC(C)(C)c1cccc(-c2ccc(I)cc2)c1. The maximum Gasteiger partial charge on any atom is 0.0130 e. The van der Waals surface area contributed by atoms with Gasteiger partial charge >= 0.3 is 0 Å². The Labute approximate surface area is 117 Å². The fourth-order valence-electron chi connectivity index (χ4n) is 1.81. The molecular formula is C16H17I. The van der Waals surface area contributed by atoms with Crippen molar-refractivity contribution in [1.29, 1.82) is 0 Å². The Bertz CT molecular complexity index is 504. The second-order valence-corrected chi connectivity index (χ2v) is 6.58. The van der Waals surface area contributed by atoms with E-state index in [-0.39, 0.29) is 5.41 Å². The van der Waals surface area contributed by atoms with Crippen LogP contribution >= 0.6 is 22.6 Å². The minimum Gasteiger partial charge on any atom is -0.0614 e. The molecule has 17 heavy (non-hydrogen) atoms. The fourth-order valence-corrected chi connectivity index (χ4v) is 2.17. The molecule has 2 rings (SSSR count). The van der Waals surface area contributed by atoms with Gasteiger partial charge in [0.05, 0.1) is 0 Å². The van der Waals surface area contributed by atoms with Crippen LogP contribution in [0, 0.1) is 3.57 Å². The van der Waals surface area contributed by atoms with Crippen LogP contribution in [-0.2, 0) is 5.41 Å². The van der Waals surface area contributed by atoms with Crippen LogP contribution in [0.5, 0.6) is 0 Å². The first-order chi connectivity index (χ1) is 7.97. The van der Waals surface area contributed by atoms with Crippen LogP contribution in [0.25, 0.3) is 11.1 Å². The van der Waals surface area contributed by atoms with Gasteiger partial charge in [0.15, 0.2) is 0 Å². The van der Waals surface area contributed by atoms with Crippen LogP contribution in [0.3, 0.4) is 0 Å². The third kappa shape index (κ3) is 3.09. The first-order valence-corrected chi connectivity index (χ1v) is 6.91. The molecular weight excluding hydrogens is 319 g/mol. The zero-order chi connectivity index (χ0) is 12.5. The number of benzene rings is 2. The van der Waals surface area contributed by atoms with Gasteiger partial charge in [0.25, 0.3) is 0 Å². The molecule has 0 spiro atoms. The quantitative estimate of drug-likeness (QED) is 0.624. The predicted molar refractivity (Wildman–Crippen MR) is 83.3 cm³/mol. The first-order valence-electron chi connectivity index (χ1n) is 5.83. The summed E-state index contributed by atoms with van der Waals surface area (Å²) in [5, 5.41) is 0. The van der Waals surface area contributed by atoms with Gasteiger partial charge in [-0.25, -0.2) is 0 Å². The van der Waals surface area contributed by atoms with Crippen LogP contribution < -0.4 is 0 Å². The van der Waals surface area contributed by atoms with Crippen LogP contribution in [0.1, 0.15) is 26.3 Å². The second kappa shape index (κ2) is 4.81. The molecule has 2 aromatic rings. The highest BCUT2D eigenvalue weighted by atomic mass is 127. The summed E-state index contributed by atoms with van der Waals surface area (Å²) in [7, 11) is 0. The second-order valence-electron chi connectivity index (χ2n) is 5.34. The molecule has 88 valence electrons. The molecule has 2 aromatic carbocycles. The van der Waals surface area contributed by atoms with Gasteiger partial charge in [0, 0.05) is 3.57 Å². The Kier molecular flexibility index (Phi) is 3.57. The standard InChI is InChI=1S/C16H17I/c1-16(2,3)14-6-4-5-13(11-14)12-7-9-15(17)10-8-12/h4-11H,1-3H3. The van der Waals surface area contributed by atoms with Crippen molar-refractivity contribution in [3.05, 3.63) is 57.7 Å². The normalized spacial score (nSPS) is 11.5. The van der Waals surface area contributed by atoms with Crippen molar-refractivity contribution < 1.29 is 0 Å². The lowest BCUT2D eigenvalue weighted by molar-refractivity contribution is 0.590. The van der Waals surface area contributed by atoms with Gasteiger partial charge in [-0.15, -0.1) is 0 Å². The average molecular weight is 336 g/mol. The van der Waals surface area contributed by atoms with E-state index in [9.17, 15) is 0 Å². The third-order valence-electron chi connectivity index (χ3n) is 2.91. The van der Waals surface area contributed by atoms with Crippen molar-refractivity contribution in [2.24, 2.45) is 0 Å². The smallest absolute Gasteiger partial charge is 0.0130 e. The lowest BCUT2D eigenvalue weighted by atomic mass is 9.85. The summed E-state index contributed by atoms with van der Waals surface area (Å²) in [5.41, 5.74) is 4.18. The summed E-state index contributed by atoms with van der Waals surface area (Å²) in [6.07, 6.45) is 0. The van der Waals surface area contributed by atoms with Crippen molar-refractivity contribution in [3.63, 3.8) is 0 Å². The Morgan fingerprint density at radius 2 is 1.47 bits per heavy atom. The molecule has 0 unspecified atom stereocenters. The molecule has 0 aliphatic rings. The molecule has 0 heterocycles. The van der Waals surface area contributed by atoms with Gasteiger partial charge < -0.3 is 0 Å². The highest BCUT2D eigenvalue weighted by molar-refractivity contribution is 14.1. The van der Waals surface area contributed by atoms with E-state index >= 15 is 0 Å². The zero-order valence-corrected chi connectivity index (χ0v) is 12.7. The van der Waals surface area contributed by atoms with E-state index in [4.69, 9.17) is 0 Å². The maximum atomic E-state index is 2.34. The lowest BCUT2D eigenvalue weighted by Crippen LogP contribution is -2.10. The highest BCUT2D eigenvalue weighted by Crippen LogP contribution is 2.27. The summed E-state index contributed by atoms with van der Waals surface area (Å²) < 4.78 is 1.28. The Hall–Kier alpha value is -0.830. The molecule has 0 amide bonds. The predicted octanol–water partition coefficient (Wildman–Crippen LogP) is 5.26. The zero-order valence-electron chi connectivity index (χ0n) is 10.5. The van der Waals surface area contributed by atoms with E-state index in [1.807, 2.05) is 0 Å². The van der Waals surface area contributed by atoms with Gasteiger partial charge in [0.1, 0.15) is 0 Å². The van der Waals surface area contributed by atoms with Crippen LogP contribution in [0.15, 0.2) is 48.5 Å². The molecule has 0 nitrogen and oxygen atoms in total. The Morgan fingerprint density at radius 3 is 2.06 bits per heavy atom. The summed E-state index contributed by atoms with van der Waals surface area (Å²) in [5.74, 6) is 0. The fraction of sp³-hybridized carbons (Fsp3) is 0.250. The molecule has 0 atom stereocenters. The van der Waals surface area contributed by atoms with Crippen molar-refractivity contribution in [2.45, 2.75) is 26.2 Å². The molecule has 0 aromatic heterocycles. The van der Waals surface area contributed by atoms with Crippen molar-refractivity contribution in [2.75, 3.05) is 0 Å². The number of halogens is 1. The number of rotatable bonds is 1. The summed E-state index contributed by atoms with van der Waals surface area (Å²) in [6, 6.07) is 17.5. The van der Waals surface area contributed by atoms with Crippen molar-refractivity contribution >= 4 is 22.6 Å². The average Bonchev–Trinajstić information content (AvgIpc) is 2.29. The number of hydrogen-bond donors (Lipinski definition) is 0. The molecule has 0 aliphatic carbocycles. The lowest BCUT2D eigenvalue weighted by Gasteiger charge is -2.19. The summed E-state index contributed by atoms with van der Waals surface area (Å²) in [4.78, 5) is 0. The summed E-state index contributed by atoms with van der Waals surface area (Å²) >= 11 is 2.34. The number of hydrogen-bond acceptors (Lipinski definition) is 0. The molecule has 0 bridgehead atoms. The van der Waals surface area contributed by atoms with E-state index in [1.165, 1.54) is 20.3 Å². The molecule has 0 saturated heterocycles. The molecule has 0 saturated carbocycles. The molecule has 0 N–H and O–H groups in total. The van der Waals surface area contributed by atoms with Gasteiger partial charge in [-0.05, 0) is 56.8 Å². The minimum atomic E-state index is 0.208. The Morgan fingerprint density at radius 1 is 0.824 bits per heavy atom. The monoisotopic (exact) mass is 336 g/mol. The molecule has 1 heteroatoms. The van der Waals surface area contributed by atoms with E-state index in [0.29, 0.717) is 0 Å². The van der Waals surface area contributed by atoms with E-state index in [2.05, 4.69) is 91.9 Å². The van der Waals surface area contributed by atoms with Crippen LogP contribution in [0.2, 0.25) is 0 Å². The van der Waals surface area contributed by atoms with E-state index in [0.717, 1.165) is 0 Å².